The smallest absolute Gasteiger partial charge is 0.272 e. The molecule has 4 rings (SSSR count). The van der Waals surface area contributed by atoms with Crippen molar-refractivity contribution in [3.63, 3.8) is 0 Å². The van der Waals surface area contributed by atoms with Crippen molar-refractivity contribution in [2.75, 3.05) is 6.54 Å². The number of nitrogens with zero attached hydrogens (tertiary/aromatic N) is 4. The van der Waals surface area contributed by atoms with Crippen molar-refractivity contribution in [2.45, 2.75) is 57.4 Å². The summed E-state index contributed by atoms with van der Waals surface area (Å²) >= 11 is 0. The van der Waals surface area contributed by atoms with E-state index in [-0.39, 0.29) is 17.9 Å². The maximum Gasteiger partial charge on any atom is 0.272 e. The minimum Gasteiger partial charge on any atom is -0.339 e. The lowest BCUT2D eigenvalue weighted by atomic mass is 10.2. The average molecular weight is 315 g/mol. The zero-order valence-electron chi connectivity index (χ0n) is 13.5. The summed E-state index contributed by atoms with van der Waals surface area (Å²) in [4.78, 5) is 26.6. The Balaban J connectivity index is 1.54. The molecule has 0 spiro atoms. The van der Waals surface area contributed by atoms with Crippen LogP contribution in [0.25, 0.3) is 0 Å². The molecular weight excluding hydrogens is 294 g/mol. The van der Waals surface area contributed by atoms with Gasteiger partial charge in [-0.1, -0.05) is 19.0 Å². The Hall–Kier alpha value is -2.18. The van der Waals surface area contributed by atoms with Crippen LogP contribution in [-0.2, 0) is 0 Å². The first-order valence-corrected chi connectivity index (χ1v) is 8.33. The van der Waals surface area contributed by atoms with Crippen LogP contribution < -0.4 is 0 Å². The number of amides is 1. The molecule has 1 N–H and O–H groups in total. The Kier molecular flexibility index (Phi) is 3.43. The molecule has 1 saturated heterocycles. The molecular formula is C16H21N5O2. The van der Waals surface area contributed by atoms with Gasteiger partial charge in [-0.15, -0.1) is 0 Å². The molecule has 7 heteroatoms. The van der Waals surface area contributed by atoms with Crippen molar-refractivity contribution in [3.8, 4) is 0 Å². The zero-order valence-corrected chi connectivity index (χ0v) is 13.5. The summed E-state index contributed by atoms with van der Waals surface area (Å²) in [5, 5.41) is 4.11. The molecule has 122 valence electrons. The maximum atomic E-state index is 12.8. The van der Waals surface area contributed by atoms with Gasteiger partial charge in [0.2, 0.25) is 5.89 Å². The molecule has 1 saturated carbocycles. The topological polar surface area (TPSA) is 87.9 Å². The van der Waals surface area contributed by atoms with Gasteiger partial charge in [0.25, 0.3) is 5.91 Å². The maximum absolute atomic E-state index is 12.8. The Morgan fingerprint density at radius 2 is 2.22 bits per heavy atom. The number of carbonyl (C=O) groups excluding carboxylic acids is 1. The number of aromatic amines is 1. The van der Waals surface area contributed by atoms with E-state index in [2.05, 4.69) is 20.1 Å². The summed E-state index contributed by atoms with van der Waals surface area (Å²) in [6.07, 6.45) is 5.70. The lowest BCUT2D eigenvalue weighted by molar-refractivity contribution is 0.0722. The van der Waals surface area contributed by atoms with Crippen LogP contribution in [0.1, 0.15) is 85.4 Å². The quantitative estimate of drug-likeness (QED) is 0.937. The number of H-pyrrole nitrogens is 1. The Bertz CT molecular complexity index is 716. The van der Waals surface area contributed by atoms with Crippen molar-refractivity contribution < 1.29 is 9.32 Å². The third kappa shape index (κ3) is 2.64. The monoisotopic (exact) mass is 315 g/mol. The van der Waals surface area contributed by atoms with E-state index >= 15 is 0 Å². The van der Waals surface area contributed by atoms with Gasteiger partial charge in [0.1, 0.15) is 11.5 Å². The van der Waals surface area contributed by atoms with Crippen LogP contribution in [-0.4, -0.2) is 37.5 Å². The van der Waals surface area contributed by atoms with E-state index in [1.54, 1.807) is 6.20 Å². The molecule has 1 aliphatic heterocycles. The lowest BCUT2D eigenvalue weighted by Gasteiger charge is -2.21. The predicted octanol–water partition coefficient (Wildman–Crippen LogP) is 2.77. The second kappa shape index (κ2) is 5.47. The Labute approximate surface area is 134 Å². The first kappa shape index (κ1) is 14.4. The summed E-state index contributed by atoms with van der Waals surface area (Å²) in [5.74, 6) is 2.86. The minimum atomic E-state index is -0.0930. The molecule has 0 unspecified atom stereocenters. The van der Waals surface area contributed by atoms with Crippen LogP contribution in [0.3, 0.4) is 0 Å². The van der Waals surface area contributed by atoms with Gasteiger partial charge in [-0.3, -0.25) is 4.79 Å². The standard InChI is InChI=1S/C16H21N5O2/c1-9(2)13-17-8-11(18-13)16(22)21-7-3-4-12(21)14-19-15(23-20-14)10-5-6-10/h8-10,12H,3-7H2,1-2H3,(H,17,18)/t12-/m0/s1. The second-order valence-electron chi connectivity index (χ2n) is 6.76. The van der Waals surface area contributed by atoms with Gasteiger partial charge >= 0.3 is 0 Å². The van der Waals surface area contributed by atoms with E-state index in [4.69, 9.17) is 4.52 Å². The minimum absolute atomic E-state index is 0.0373. The fourth-order valence-electron chi connectivity index (χ4n) is 3.05. The molecule has 23 heavy (non-hydrogen) atoms. The largest absolute Gasteiger partial charge is 0.339 e. The lowest BCUT2D eigenvalue weighted by Crippen LogP contribution is -2.31. The van der Waals surface area contributed by atoms with Gasteiger partial charge in [0.05, 0.1) is 12.2 Å². The first-order chi connectivity index (χ1) is 11.1. The molecule has 1 amide bonds. The van der Waals surface area contributed by atoms with Crippen LogP contribution in [0.2, 0.25) is 0 Å². The van der Waals surface area contributed by atoms with Gasteiger partial charge < -0.3 is 14.4 Å². The van der Waals surface area contributed by atoms with E-state index < -0.39 is 0 Å². The highest BCUT2D eigenvalue weighted by Crippen LogP contribution is 2.40. The Morgan fingerprint density at radius 3 is 2.91 bits per heavy atom. The van der Waals surface area contributed by atoms with Gasteiger partial charge in [-0.2, -0.15) is 4.98 Å². The van der Waals surface area contributed by atoms with Crippen LogP contribution >= 0.6 is 0 Å². The second-order valence-corrected chi connectivity index (χ2v) is 6.76. The summed E-state index contributed by atoms with van der Waals surface area (Å²) < 4.78 is 5.35. The SMILES string of the molecule is CC(C)c1ncc(C(=O)N2CCC[C@H]2c2noc(C3CC3)n2)[nH]1. The molecule has 1 aliphatic carbocycles. The third-order valence-electron chi connectivity index (χ3n) is 4.57. The van der Waals surface area contributed by atoms with Crippen molar-refractivity contribution in [3.05, 3.63) is 29.4 Å². The van der Waals surface area contributed by atoms with Gasteiger partial charge in [0.15, 0.2) is 5.82 Å². The summed E-state index contributed by atoms with van der Waals surface area (Å²) in [5.41, 5.74) is 0.534. The molecule has 0 bridgehead atoms. The van der Waals surface area contributed by atoms with Crippen LogP contribution in [0, 0.1) is 0 Å². The molecule has 1 atom stereocenters. The number of aromatic nitrogens is 4. The summed E-state index contributed by atoms with van der Waals surface area (Å²) in [6.45, 7) is 4.81. The van der Waals surface area contributed by atoms with E-state index in [9.17, 15) is 4.79 Å². The van der Waals surface area contributed by atoms with Gasteiger partial charge in [-0.05, 0) is 25.7 Å². The van der Waals surface area contributed by atoms with Crippen molar-refractivity contribution >= 4 is 5.91 Å². The van der Waals surface area contributed by atoms with Crippen molar-refractivity contribution in [1.29, 1.82) is 0 Å². The number of rotatable bonds is 4. The van der Waals surface area contributed by atoms with Gasteiger partial charge in [-0.25, -0.2) is 4.98 Å². The first-order valence-electron chi connectivity index (χ1n) is 8.33. The number of nitrogens with one attached hydrogen (secondary N) is 1. The number of imidazole rings is 1. The van der Waals surface area contributed by atoms with Gasteiger partial charge in [0, 0.05) is 18.4 Å². The van der Waals surface area contributed by atoms with Crippen LogP contribution in [0.15, 0.2) is 10.7 Å². The molecule has 2 aliphatic rings. The van der Waals surface area contributed by atoms with E-state index in [0.29, 0.717) is 24.0 Å². The highest BCUT2D eigenvalue weighted by atomic mass is 16.5. The molecule has 2 aromatic rings. The third-order valence-corrected chi connectivity index (χ3v) is 4.57. The fraction of sp³-hybridized carbons (Fsp3) is 0.625. The van der Waals surface area contributed by atoms with E-state index in [0.717, 1.165) is 37.4 Å². The molecule has 2 fully saturated rings. The molecule has 7 nitrogen and oxygen atoms in total. The Morgan fingerprint density at radius 1 is 1.39 bits per heavy atom. The normalized spacial score (nSPS) is 21.3. The number of hydrogen-bond donors (Lipinski definition) is 1. The summed E-state index contributed by atoms with van der Waals surface area (Å²) in [6, 6.07) is -0.0930. The molecule has 0 radical (unpaired) electrons. The molecule has 0 aromatic carbocycles. The van der Waals surface area contributed by atoms with Crippen LogP contribution in [0.5, 0.6) is 0 Å². The molecule has 2 aromatic heterocycles. The number of likely N-dealkylation sites (tertiary alicyclic amines) is 1. The predicted molar refractivity (Wildman–Crippen MR) is 82.0 cm³/mol. The van der Waals surface area contributed by atoms with Crippen molar-refractivity contribution in [1.82, 2.24) is 25.0 Å². The highest BCUT2D eigenvalue weighted by molar-refractivity contribution is 5.92. The van der Waals surface area contributed by atoms with Crippen LogP contribution in [0.4, 0.5) is 0 Å². The highest BCUT2D eigenvalue weighted by Gasteiger charge is 2.36. The fourth-order valence-corrected chi connectivity index (χ4v) is 3.05. The average Bonchev–Trinajstić information content (AvgIpc) is 3.02. The molecule has 3 heterocycles. The van der Waals surface area contributed by atoms with E-state index in [1.807, 2.05) is 18.7 Å². The zero-order chi connectivity index (χ0) is 16.0. The summed E-state index contributed by atoms with van der Waals surface area (Å²) in [7, 11) is 0. The van der Waals surface area contributed by atoms with Crippen molar-refractivity contribution in [2.24, 2.45) is 0 Å². The van der Waals surface area contributed by atoms with E-state index in [1.165, 1.54) is 0 Å². The number of carbonyl (C=O) groups is 1. The number of hydrogen-bond acceptors (Lipinski definition) is 5.